The lowest BCUT2D eigenvalue weighted by atomic mass is 10.0. The summed E-state index contributed by atoms with van der Waals surface area (Å²) < 4.78 is 0. The first-order valence-electron chi connectivity index (χ1n) is 21.4. The van der Waals surface area contributed by atoms with Crippen molar-refractivity contribution in [1.29, 1.82) is 0 Å². The van der Waals surface area contributed by atoms with Gasteiger partial charge < -0.3 is 19.6 Å². The van der Waals surface area contributed by atoms with Gasteiger partial charge in [0.2, 0.25) is 0 Å². The van der Waals surface area contributed by atoms with Crippen LogP contribution in [0.4, 0.5) is 51.2 Å². The van der Waals surface area contributed by atoms with Crippen molar-refractivity contribution in [2.45, 2.75) is 46.1 Å². The minimum atomic E-state index is 0.147. The van der Waals surface area contributed by atoms with E-state index in [0.717, 1.165) is 59.1 Å². The number of allylic oxidation sites excluding steroid dienone is 5. The van der Waals surface area contributed by atoms with Gasteiger partial charge in [0.25, 0.3) is 0 Å². The molecule has 0 fully saturated rings. The van der Waals surface area contributed by atoms with Crippen LogP contribution < -0.4 is 19.6 Å². The molecule has 1 atom stereocenters. The summed E-state index contributed by atoms with van der Waals surface area (Å²) >= 11 is 0. The molecule has 0 aliphatic heterocycles. The zero-order valence-electron chi connectivity index (χ0n) is 35.3. The van der Waals surface area contributed by atoms with E-state index < -0.39 is 0 Å². The molecule has 0 heterocycles. The highest BCUT2D eigenvalue weighted by atomic mass is 15.2. The lowest BCUT2D eigenvalue weighted by molar-refractivity contribution is 0.776. The van der Waals surface area contributed by atoms with E-state index in [1.54, 1.807) is 0 Å². The van der Waals surface area contributed by atoms with E-state index >= 15 is 0 Å². The van der Waals surface area contributed by atoms with Crippen LogP contribution in [0, 0.1) is 13.8 Å². The Kier molecular flexibility index (Phi) is 11.5. The summed E-state index contributed by atoms with van der Waals surface area (Å²) in [4.78, 5) is 9.61. The molecule has 2 aliphatic rings. The van der Waals surface area contributed by atoms with Gasteiger partial charge in [-0.05, 0) is 173 Å². The van der Waals surface area contributed by atoms with Crippen LogP contribution in [0.2, 0.25) is 0 Å². The quantitative estimate of drug-likeness (QED) is 0.122. The number of aryl methyl sites for hydroxylation is 2. The third-order valence-electron chi connectivity index (χ3n) is 11.5. The van der Waals surface area contributed by atoms with Crippen LogP contribution in [0.15, 0.2) is 235 Å². The fourth-order valence-electron chi connectivity index (χ4n) is 8.67. The molecule has 0 saturated heterocycles. The summed E-state index contributed by atoms with van der Waals surface area (Å²) in [6, 6.07) is 67.9. The fraction of sp³-hybridized carbons (Fsp3) is 0.123. The summed E-state index contributed by atoms with van der Waals surface area (Å²) in [5, 5.41) is 0. The molecule has 0 bridgehead atoms. The fourth-order valence-corrected chi connectivity index (χ4v) is 8.67. The van der Waals surface area contributed by atoms with Crippen molar-refractivity contribution >= 4 is 51.2 Å². The molecular formula is C57H52N4. The SMILES string of the molecule is CC1=CCCC(N(c2ccccc2)c2ccc(N(C3=CCC(N(c4ccccc4)c4cccc(C)c4)C=C3)c3ccc(N(c4ccccc4)c4cccc(C)c4)cc3)cc2)=C1. The van der Waals surface area contributed by atoms with E-state index in [0.29, 0.717) is 0 Å². The monoisotopic (exact) mass is 792 g/mol. The predicted molar refractivity (Wildman–Crippen MR) is 259 cm³/mol. The van der Waals surface area contributed by atoms with Gasteiger partial charge in [-0.3, -0.25) is 0 Å². The van der Waals surface area contributed by atoms with Gasteiger partial charge in [-0.1, -0.05) is 103 Å². The van der Waals surface area contributed by atoms with E-state index in [2.05, 4.69) is 259 Å². The normalized spacial score (nSPS) is 14.7. The van der Waals surface area contributed by atoms with E-state index in [9.17, 15) is 0 Å². The van der Waals surface area contributed by atoms with Gasteiger partial charge in [0.05, 0.1) is 6.04 Å². The zero-order chi connectivity index (χ0) is 41.5. The Bertz CT molecular complexity index is 2700. The maximum Gasteiger partial charge on any atom is 0.0561 e. The van der Waals surface area contributed by atoms with Crippen molar-refractivity contribution in [3.63, 3.8) is 0 Å². The molecule has 4 heteroatoms. The number of anilines is 9. The molecule has 0 amide bonds. The molecule has 300 valence electrons. The second-order valence-corrected chi connectivity index (χ2v) is 16.0. The Balaban J connectivity index is 1.10. The summed E-state index contributed by atoms with van der Waals surface area (Å²) in [5.41, 5.74) is 16.5. The van der Waals surface area contributed by atoms with Crippen LogP contribution in [0.25, 0.3) is 0 Å². The number of rotatable bonds is 12. The standard InChI is InChI=1S/C57H52N4/c1-43-16-13-25-55(40-43)59(46-19-7-4-8-20-46)52-34-28-49(29-35-52)58(50-30-36-53(37-31-50)60(47-21-9-5-10-22-47)56-26-14-17-44(2)41-56)51-32-38-54(39-33-51)61(48-23-11-6-12-24-48)57-27-15-18-45(3)42-57/h4-14,16-26,28-36,38-42,53H,15,27,37H2,1-3H3. The van der Waals surface area contributed by atoms with Crippen molar-refractivity contribution < 1.29 is 0 Å². The average Bonchev–Trinajstić information content (AvgIpc) is 3.30. The van der Waals surface area contributed by atoms with Crippen LogP contribution in [0.1, 0.15) is 37.3 Å². The molecule has 9 rings (SSSR count). The van der Waals surface area contributed by atoms with Crippen molar-refractivity contribution in [2.75, 3.05) is 19.6 Å². The maximum atomic E-state index is 2.46. The minimum absolute atomic E-state index is 0.147. The molecule has 0 spiro atoms. The molecule has 0 N–H and O–H groups in total. The van der Waals surface area contributed by atoms with Gasteiger partial charge in [0.1, 0.15) is 0 Å². The minimum Gasteiger partial charge on any atom is -0.334 e. The van der Waals surface area contributed by atoms with Crippen LogP contribution in [-0.4, -0.2) is 6.04 Å². The number of para-hydroxylation sites is 3. The van der Waals surface area contributed by atoms with Gasteiger partial charge in [-0.15, -0.1) is 0 Å². The largest absolute Gasteiger partial charge is 0.334 e. The van der Waals surface area contributed by atoms with E-state index in [4.69, 9.17) is 0 Å². The lowest BCUT2D eigenvalue weighted by Gasteiger charge is -2.35. The zero-order valence-corrected chi connectivity index (χ0v) is 35.3. The molecule has 7 aromatic carbocycles. The van der Waals surface area contributed by atoms with Gasteiger partial charge in [0.15, 0.2) is 0 Å². The molecule has 0 radical (unpaired) electrons. The summed E-state index contributed by atoms with van der Waals surface area (Å²) in [6.07, 6.45) is 14.6. The molecule has 0 saturated carbocycles. The molecular weight excluding hydrogens is 741 g/mol. The molecule has 0 aromatic heterocycles. The van der Waals surface area contributed by atoms with E-state index in [-0.39, 0.29) is 6.04 Å². The first kappa shape index (κ1) is 39.2. The Morgan fingerprint density at radius 1 is 0.410 bits per heavy atom. The molecule has 61 heavy (non-hydrogen) atoms. The highest BCUT2D eigenvalue weighted by molar-refractivity contribution is 5.80. The third kappa shape index (κ3) is 8.71. The highest BCUT2D eigenvalue weighted by Crippen LogP contribution is 2.41. The predicted octanol–water partition coefficient (Wildman–Crippen LogP) is 15.7. The average molecular weight is 793 g/mol. The number of nitrogens with zero attached hydrogens (tertiary/aromatic N) is 4. The third-order valence-corrected chi connectivity index (χ3v) is 11.5. The molecule has 4 nitrogen and oxygen atoms in total. The van der Waals surface area contributed by atoms with Crippen LogP contribution in [0.3, 0.4) is 0 Å². The Morgan fingerprint density at radius 2 is 0.869 bits per heavy atom. The topological polar surface area (TPSA) is 13.0 Å². The number of benzene rings is 7. The Hall–Kier alpha value is -7.30. The van der Waals surface area contributed by atoms with Crippen molar-refractivity contribution in [1.82, 2.24) is 0 Å². The summed E-state index contributed by atoms with van der Waals surface area (Å²) in [5.74, 6) is 0. The second-order valence-electron chi connectivity index (χ2n) is 16.0. The van der Waals surface area contributed by atoms with Crippen LogP contribution >= 0.6 is 0 Å². The first-order valence-corrected chi connectivity index (χ1v) is 21.4. The number of hydrogen-bond acceptors (Lipinski definition) is 4. The van der Waals surface area contributed by atoms with Gasteiger partial charge in [-0.25, -0.2) is 0 Å². The summed E-state index contributed by atoms with van der Waals surface area (Å²) in [7, 11) is 0. The van der Waals surface area contributed by atoms with Gasteiger partial charge in [0, 0.05) is 62.6 Å². The van der Waals surface area contributed by atoms with Crippen LogP contribution in [-0.2, 0) is 0 Å². The van der Waals surface area contributed by atoms with Gasteiger partial charge in [-0.2, -0.15) is 0 Å². The second kappa shape index (κ2) is 17.9. The first-order chi connectivity index (χ1) is 30.0. The number of hydrogen-bond donors (Lipinski definition) is 0. The van der Waals surface area contributed by atoms with Gasteiger partial charge >= 0.3 is 0 Å². The van der Waals surface area contributed by atoms with E-state index in [1.165, 1.54) is 39.5 Å². The van der Waals surface area contributed by atoms with Crippen molar-refractivity contribution in [3.8, 4) is 0 Å². The smallest absolute Gasteiger partial charge is 0.0561 e. The molecule has 1 unspecified atom stereocenters. The molecule has 2 aliphatic carbocycles. The highest BCUT2D eigenvalue weighted by Gasteiger charge is 2.24. The maximum absolute atomic E-state index is 2.46. The summed E-state index contributed by atoms with van der Waals surface area (Å²) in [6.45, 7) is 6.52. The molecule has 7 aromatic rings. The van der Waals surface area contributed by atoms with Crippen molar-refractivity contribution in [3.05, 3.63) is 247 Å². The van der Waals surface area contributed by atoms with E-state index in [1.807, 2.05) is 0 Å². The van der Waals surface area contributed by atoms with Crippen molar-refractivity contribution in [2.24, 2.45) is 0 Å². The Labute approximate surface area is 362 Å². The Morgan fingerprint density at radius 3 is 1.39 bits per heavy atom. The lowest BCUT2D eigenvalue weighted by Crippen LogP contribution is -2.31. The van der Waals surface area contributed by atoms with Crippen LogP contribution in [0.5, 0.6) is 0 Å².